The van der Waals surface area contributed by atoms with Crippen molar-refractivity contribution in [3.8, 4) is 11.3 Å². The third kappa shape index (κ3) is 2.23. The molecule has 2 aromatic rings. The topological polar surface area (TPSA) is 33.1 Å². The number of likely N-dealkylation sites (tertiary alicyclic amines) is 1. The molecule has 0 spiro atoms. The first-order valence-corrected chi connectivity index (χ1v) is 7.89. The van der Waals surface area contributed by atoms with Crippen molar-refractivity contribution in [1.82, 2.24) is 14.5 Å². The molecule has 4 rings (SSSR count). The van der Waals surface area contributed by atoms with Crippen LogP contribution in [0.1, 0.15) is 24.4 Å². The average Bonchev–Trinajstić information content (AvgIpc) is 3.15. The number of hydrogen-bond donors (Lipinski definition) is 1. The van der Waals surface area contributed by atoms with Crippen LogP contribution in [0, 0.1) is 0 Å². The molecule has 0 saturated carbocycles. The zero-order valence-corrected chi connectivity index (χ0v) is 12.5. The number of para-hydroxylation sites is 1. The summed E-state index contributed by atoms with van der Waals surface area (Å²) in [6, 6.07) is 7.20. The van der Waals surface area contributed by atoms with Gasteiger partial charge >= 0.3 is 0 Å². The highest BCUT2D eigenvalue weighted by Crippen LogP contribution is 2.35. The number of fused-ring (bicyclic) bond motifs is 1. The molecule has 1 fully saturated rings. The molecule has 1 atom stereocenters. The first-order valence-electron chi connectivity index (χ1n) is 7.89. The van der Waals surface area contributed by atoms with E-state index in [1.54, 1.807) is 0 Å². The van der Waals surface area contributed by atoms with Gasteiger partial charge in [-0.15, -0.1) is 0 Å². The van der Waals surface area contributed by atoms with E-state index >= 15 is 0 Å². The van der Waals surface area contributed by atoms with Crippen LogP contribution in [-0.4, -0.2) is 41.1 Å². The van der Waals surface area contributed by atoms with Crippen molar-refractivity contribution in [3.05, 3.63) is 36.3 Å². The number of benzene rings is 1. The molecule has 3 heterocycles. The van der Waals surface area contributed by atoms with E-state index in [0.29, 0.717) is 6.04 Å². The van der Waals surface area contributed by atoms with Gasteiger partial charge in [-0.2, -0.15) is 0 Å². The monoisotopic (exact) mass is 282 g/mol. The molecule has 110 valence electrons. The van der Waals surface area contributed by atoms with Gasteiger partial charge < -0.3 is 14.8 Å². The van der Waals surface area contributed by atoms with Gasteiger partial charge in [-0.05, 0) is 38.4 Å². The van der Waals surface area contributed by atoms with Crippen molar-refractivity contribution in [2.75, 3.05) is 32.0 Å². The lowest BCUT2D eigenvalue weighted by Gasteiger charge is -2.23. The Morgan fingerprint density at radius 2 is 2.29 bits per heavy atom. The Bertz CT molecular complexity index is 646. The number of likely N-dealkylation sites (N-methyl/N-ethyl adjacent to an activating group) is 1. The van der Waals surface area contributed by atoms with Crippen molar-refractivity contribution < 1.29 is 0 Å². The van der Waals surface area contributed by atoms with Gasteiger partial charge in [-0.3, -0.25) is 0 Å². The Kier molecular flexibility index (Phi) is 3.19. The van der Waals surface area contributed by atoms with E-state index in [1.165, 1.54) is 48.3 Å². The van der Waals surface area contributed by atoms with E-state index in [9.17, 15) is 0 Å². The number of imidazole rings is 1. The smallest absolute Gasteiger partial charge is 0.0954 e. The standard InChI is InChI=1S/C17H22N4/c1-20-9-7-14(11-20)21-12-18-10-16(21)15-6-2-4-13-5-3-8-19-17(13)15/h2,4,6,10,12,14,19H,3,5,7-9,11H2,1H3. The van der Waals surface area contributed by atoms with E-state index in [4.69, 9.17) is 0 Å². The Balaban J connectivity index is 1.76. The van der Waals surface area contributed by atoms with Gasteiger partial charge in [0, 0.05) is 30.4 Å². The van der Waals surface area contributed by atoms with E-state index in [1.807, 2.05) is 12.5 Å². The summed E-state index contributed by atoms with van der Waals surface area (Å²) in [4.78, 5) is 6.83. The fraction of sp³-hybridized carbons (Fsp3) is 0.471. The van der Waals surface area contributed by atoms with Crippen LogP contribution in [0.2, 0.25) is 0 Å². The van der Waals surface area contributed by atoms with Crippen LogP contribution < -0.4 is 5.32 Å². The van der Waals surface area contributed by atoms with Crippen LogP contribution in [0.4, 0.5) is 5.69 Å². The van der Waals surface area contributed by atoms with Crippen molar-refractivity contribution in [3.63, 3.8) is 0 Å². The van der Waals surface area contributed by atoms with Gasteiger partial charge in [0.1, 0.15) is 0 Å². The normalized spacial score (nSPS) is 22.0. The minimum Gasteiger partial charge on any atom is -0.384 e. The van der Waals surface area contributed by atoms with Crippen LogP contribution in [0.3, 0.4) is 0 Å². The Hall–Kier alpha value is -1.81. The molecule has 0 aliphatic carbocycles. The van der Waals surface area contributed by atoms with Crippen LogP contribution in [0.5, 0.6) is 0 Å². The number of nitrogens with zero attached hydrogens (tertiary/aromatic N) is 3. The Labute approximate surface area is 125 Å². The second-order valence-corrected chi connectivity index (χ2v) is 6.26. The van der Waals surface area contributed by atoms with E-state index in [0.717, 1.165) is 13.1 Å². The summed E-state index contributed by atoms with van der Waals surface area (Å²) in [5.41, 5.74) is 5.31. The molecule has 1 aromatic heterocycles. The molecule has 21 heavy (non-hydrogen) atoms. The number of anilines is 1. The number of aromatic nitrogens is 2. The number of aryl methyl sites for hydroxylation is 1. The van der Waals surface area contributed by atoms with Crippen LogP contribution >= 0.6 is 0 Å². The molecule has 2 aliphatic rings. The summed E-state index contributed by atoms with van der Waals surface area (Å²) in [5.74, 6) is 0. The highest BCUT2D eigenvalue weighted by atomic mass is 15.2. The predicted molar refractivity (Wildman–Crippen MR) is 85.6 cm³/mol. The largest absolute Gasteiger partial charge is 0.384 e. The zero-order valence-electron chi connectivity index (χ0n) is 12.5. The van der Waals surface area contributed by atoms with Gasteiger partial charge in [-0.25, -0.2) is 4.98 Å². The average molecular weight is 282 g/mol. The van der Waals surface area contributed by atoms with E-state index < -0.39 is 0 Å². The van der Waals surface area contributed by atoms with E-state index in [2.05, 4.69) is 45.0 Å². The maximum absolute atomic E-state index is 4.43. The molecule has 0 amide bonds. The predicted octanol–water partition coefficient (Wildman–Crippen LogP) is 2.78. The quantitative estimate of drug-likeness (QED) is 0.919. The Morgan fingerprint density at radius 3 is 3.14 bits per heavy atom. The third-order valence-electron chi connectivity index (χ3n) is 4.78. The van der Waals surface area contributed by atoms with Crippen molar-refractivity contribution in [1.29, 1.82) is 0 Å². The molecular formula is C17H22N4. The molecule has 2 aliphatic heterocycles. The summed E-state index contributed by atoms with van der Waals surface area (Å²) in [7, 11) is 2.20. The van der Waals surface area contributed by atoms with Crippen LogP contribution in [0.25, 0.3) is 11.3 Å². The Morgan fingerprint density at radius 1 is 1.33 bits per heavy atom. The molecule has 4 nitrogen and oxygen atoms in total. The molecule has 1 aromatic carbocycles. The maximum Gasteiger partial charge on any atom is 0.0954 e. The number of rotatable bonds is 2. The number of nitrogens with one attached hydrogen (secondary N) is 1. The zero-order chi connectivity index (χ0) is 14.2. The molecule has 4 heteroatoms. The van der Waals surface area contributed by atoms with Gasteiger partial charge in [0.15, 0.2) is 0 Å². The molecule has 1 saturated heterocycles. The van der Waals surface area contributed by atoms with Gasteiger partial charge in [0.05, 0.1) is 18.2 Å². The first kappa shape index (κ1) is 12.9. The highest BCUT2D eigenvalue weighted by Gasteiger charge is 2.24. The summed E-state index contributed by atoms with van der Waals surface area (Å²) in [6.45, 7) is 3.36. The molecule has 0 radical (unpaired) electrons. The summed E-state index contributed by atoms with van der Waals surface area (Å²) in [5, 5.41) is 3.59. The highest BCUT2D eigenvalue weighted by molar-refractivity contribution is 5.79. The van der Waals surface area contributed by atoms with Crippen molar-refractivity contribution in [2.45, 2.75) is 25.3 Å². The lowest BCUT2D eigenvalue weighted by Crippen LogP contribution is -2.17. The lowest BCUT2D eigenvalue weighted by atomic mass is 9.98. The van der Waals surface area contributed by atoms with E-state index in [-0.39, 0.29) is 0 Å². The van der Waals surface area contributed by atoms with Gasteiger partial charge in [0.25, 0.3) is 0 Å². The van der Waals surface area contributed by atoms with Gasteiger partial charge in [-0.1, -0.05) is 18.2 Å². The SMILES string of the molecule is CN1CCC(n2cncc2-c2cccc3c2NCCC3)C1. The fourth-order valence-electron chi connectivity index (χ4n) is 3.67. The number of hydrogen-bond acceptors (Lipinski definition) is 3. The molecule has 1 N–H and O–H groups in total. The van der Waals surface area contributed by atoms with Crippen LogP contribution in [-0.2, 0) is 6.42 Å². The lowest BCUT2D eigenvalue weighted by molar-refractivity contribution is 0.393. The molecule has 1 unspecified atom stereocenters. The minimum atomic E-state index is 0.548. The van der Waals surface area contributed by atoms with Gasteiger partial charge in [0.2, 0.25) is 0 Å². The summed E-state index contributed by atoms with van der Waals surface area (Å²) < 4.78 is 2.37. The molecule has 0 bridgehead atoms. The second-order valence-electron chi connectivity index (χ2n) is 6.26. The van der Waals surface area contributed by atoms with Crippen molar-refractivity contribution in [2.24, 2.45) is 0 Å². The second kappa shape index (κ2) is 5.19. The third-order valence-corrected chi connectivity index (χ3v) is 4.78. The summed E-state index contributed by atoms with van der Waals surface area (Å²) in [6.07, 6.45) is 7.63. The first-order chi connectivity index (χ1) is 10.3. The summed E-state index contributed by atoms with van der Waals surface area (Å²) >= 11 is 0. The minimum absolute atomic E-state index is 0.548. The fourth-order valence-corrected chi connectivity index (χ4v) is 3.67. The molecular weight excluding hydrogens is 260 g/mol. The maximum atomic E-state index is 4.43. The van der Waals surface area contributed by atoms with Crippen LogP contribution in [0.15, 0.2) is 30.7 Å². The van der Waals surface area contributed by atoms with Crippen molar-refractivity contribution >= 4 is 5.69 Å².